The number of methoxy groups -OCH3 is 1. The molecule has 0 spiro atoms. The molecule has 0 aliphatic rings. The number of rotatable bonds is 4. The van der Waals surface area contributed by atoms with Crippen molar-refractivity contribution in [1.29, 1.82) is 0 Å². The lowest BCUT2D eigenvalue weighted by atomic mass is 10.4. The summed E-state index contributed by atoms with van der Waals surface area (Å²) in [7, 11) is 1.26. The third-order valence-electron chi connectivity index (χ3n) is 1.77. The van der Waals surface area contributed by atoms with Crippen molar-refractivity contribution in [2.45, 2.75) is 13.0 Å². The molecule has 0 aliphatic carbocycles. The molecular weight excluding hydrogens is 230 g/mol. The second-order valence-electron chi connectivity index (χ2n) is 3.12. The van der Waals surface area contributed by atoms with Gasteiger partial charge in [0, 0.05) is 5.38 Å². The molecular formula is C9H13N3O3S. The maximum Gasteiger partial charge on any atom is 0.325 e. The van der Waals surface area contributed by atoms with Crippen LogP contribution in [0.15, 0.2) is 5.38 Å². The highest BCUT2D eigenvalue weighted by Crippen LogP contribution is 2.15. The molecule has 88 valence electrons. The van der Waals surface area contributed by atoms with Crippen LogP contribution >= 0.6 is 11.3 Å². The fraction of sp³-hybridized carbons (Fsp3) is 0.444. The predicted molar refractivity (Wildman–Crippen MR) is 59.1 cm³/mol. The number of aromatic nitrogens is 1. The molecule has 0 aromatic carbocycles. The lowest BCUT2D eigenvalue weighted by Gasteiger charge is -2.01. The van der Waals surface area contributed by atoms with Crippen LogP contribution in [0.3, 0.4) is 0 Å². The van der Waals surface area contributed by atoms with Gasteiger partial charge >= 0.3 is 5.97 Å². The Hall–Kier alpha value is -1.47. The van der Waals surface area contributed by atoms with E-state index in [9.17, 15) is 9.59 Å². The van der Waals surface area contributed by atoms with Crippen molar-refractivity contribution < 1.29 is 14.3 Å². The second-order valence-corrected chi connectivity index (χ2v) is 4.01. The van der Waals surface area contributed by atoms with Gasteiger partial charge in [0.05, 0.1) is 13.2 Å². The number of nitrogens with zero attached hydrogens (tertiary/aromatic N) is 1. The van der Waals surface area contributed by atoms with Crippen molar-refractivity contribution in [2.75, 3.05) is 13.7 Å². The lowest BCUT2D eigenvalue weighted by Crippen LogP contribution is -2.30. The van der Waals surface area contributed by atoms with Crippen molar-refractivity contribution in [3.8, 4) is 0 Å². The van der Waals surface area contributed by atoms with Crippen LogP contribution in [0.5, 0.6) is 0 Å². The van der Waals surface area contributed by atoms with Crippen LogP contribution in [0, 0.1) is 0 Å². The molecule has 3 N–H and O–H groups in total. The van der Waals surface area contributed by atoms with E-state index in [2.05, 4.69) is 15.0 Å². The number of hydrogen-bond donors (Lipinski definition) is 2. The molecule has 0 fully saturated rings. The van der Waals surface area contributed by atoms with E-state index in [-0.39, 0.29) is 18.3 Å². The fourth-order valence-corrected chi connectivity index (χ4v) is 1.67. The maximum atomic E-state index is 11.5. The Kier molecular flexibility index (Phi) is 4.39. The molecule has 0 bridgehead atoms. The summed E-state index contributed by atoms with van der Waals surface area (Å²) in [6.07, 6.45) is 0. The quantitative estimate of drug-likeness (QED) is 0.729. The summed E-state index contributed by atoms with van der Waals surface area (Å²) in [6, 6.07) is -0.202. The molecule has 1 heterocycles. The van der Waals surface area contributed by atoms with Crippen molar-refractivity contribution in [1.82, 2.24) is 10.3 Å². The number of nitrogens with two attached hydrogens (primary N) is 1. The molecule has 0 radical (unpaired) electrons. The smallest absolute Gasteiger partial charge is 0.325 e. The van der Waals surface area contributed by atoms with Crippen molar-refractivity contribution >= 4 is 23.2 Å². The number of amides is 1. The van der Waals surface area contributed by atoms with Crippen LogP contribution < -0.4 is 11.1 Å². The monoisotopic (exact) mass is 243 g/mol. The molecule has 0 saturated carbocycles. The number of ether oxygens (including phenoxy) is 1. The normalized spacial score (nSPS) is 11.9. The van der Waals surface area contributed by atoms with Crippen molar-refractivity contribution in [2.24, 2.45) is 5.73 Å². The van der Waals surface area contributed by atoms with Gasteiger partial charge in [-0.3, -0.25) is 9.59 Å². The van der Waals surface area contributed by atoms with Gasteiger partial charge in [-0.15, -0.1) is 11.3 Å². The van der Waals surface area contributed by atoms with Gasteiger partial charge in [-0.1, -0.05) is 0 Å². The van der Waals surface area contributed by atoms with E-state index in [1.54, 1.807) is 12.3 Å². The highest BCUT2D eigenvalue weighted by atomic mass is 32.1. The number of nitrogens with one attached hydrogen (secondary N) is 1. The number of carbonyl (C=O) groups is 2. The Balaban J connectivity index is 2.56. The Bertz CT molecular complexity index is 389. The zero-order valence-electron chi connectivity index (χ0n) is 9.02. The van der Waals surface area contributed by atoms with E-state index < -0.39 is 11.9 Å². The van der Waals surface area contributed by atoms with E-state index in [1.807, 2.05) is 0 Å². The van der Waals surface area contributed by atoms with Gasteiger partial charge < -0.3 is 15.8 Å². The summed E-state index contributed by atoms with van der Waals surface area (Å²) in [4.78, 5) is 26.3. The number of hydrogen-bond acceptors (Lipinski definition) is 6. The molecule has 1 aromatic rings. The molecule has 0 saturated heterocycles. The van der Waals surface area contributed by atoms with Gasteiger partial charge in [0.2, 0.25) is 0 Å². The Morgan fingerprint density at radius 2 is 2.38 bits per heavy atom. The molecule has 0 aliphatic heterocycles. The summed E-state index contributed by atoms with van der Waals surface area (Å²) < 4.78 is 4.39. The molecule has 1 amide bonds. The van der Waals surface area contributed by atoms with Gasteiger partial charge in [-0.25, -0.2) is 4.98 Å². The van der Waals surface area contributed by atoms with Crippen molar-refractivity contribution in [3.05, 3.63) is 16.1 Å². The van der Waals surface area contributed by atoms with Crippen LogP contribution in [-0.4, -0.2) is 30.5 Å². The summed E-state index contributed by atoms with van der Waals surface area (Å²) in [5.74, 6) is -0.912. The van der Waals surface area contributed by atoms with Gasteiger partial charge in [0.15, 0.2) is 0 Å². The van der Waals surface area contributed by atoms with E-state index in [1.165, 1.54) is 18.4 Å². The summed E-state index contributed by atoms with van der Waals surface area (Å²) in [5.41, 5.74) is 5.88. The standard InChI is InChI=1S/C9H13N3O3S/c1-5(10)9-12-6(4-16-9)8(14)11-3-7(13)15-2/h4-5H,3,10H2,1-2H3,(H,11,14). The van der Waals surface area contributed by atoms with Crippen LogP contribution in [-0.2, 0) is 9.53 Å². The maximum absolute atomic E-state index is 11.5. The average Bonchev–Trinajstić information content (AvgIpc) is 2.74. The topological polar surface area (TPSA) is 94.3 Å². The highest BCUT2D eigenvalue weighted by molar-refractivity contribution is 7.09. The number of carbonyl (C=O) groups excluding carboxylic acids is 2. The molecule has 1 rings (SSSR count). The zero-order chi connectivity index (χ0) is 12.1. The molecule has 1 atom stereocenters. The van der Waals surface area contributed by atoms with E-state index in [0.29, 0.717) is 5.01 Å². The predicted octanol–water partition coefficient (Wildman–Crippen LogP) is 0.0656. The first-order chi connectivity index (χ1) is 7.54. The number of thiazole rings is 1. The van der Waals surface area contributed by atoms with Gasteiger partial charge in [0.1, 0.15) is 17.2 Å². The Morgan fingerprint density at radius 3 is 2.88 bits per heavy atom. The van der Waals surface area contributed by atoms with Crippen LogP contribution in [0.4, 0.5) is 0 Å². The first-order valence-corrected chi connectivity index (χ1v) is 5.48. The lowest BCUT2D eigenvalue weighted by molar-refractivity contribution is -0.139. The van der Waals surface area contributed by atoms with Crippen LogP contribution in [0.25, 0.3) is 0 Å². The van der Waals surface area contributed by atoms with E-state index in [0.717, 1.165) is 0 Å². The summed E-state index contributed by atoms with van der Waals surface area (Å²) in [5, 5.41) is 4.68. The fourth-order valence-electron chi connectivity index (χ4n) is 0.916. The summed E-state index contributed by atoms with van der Waals surface area (Å²) >= 11 is 1.31. The number of esters is 1. The molecule has 6 nitrogen and oxygen atoms in total. The second kappa shape index (κ2) is 5.57. The van der Waals surface area contributed by atoms with Crippen LogP contribution in [0.2, 0.25) is 0 Å². The molecule has 16 heavy (non-hydrogen) atoms. The van der Waals surface area contributed by atoms with E-state index >= 15 is 0 Å². The summed E-state index contributed by atoms with van der Waals surface area (Å²) in [6.45, 7) is 1.62. The Labute approximate surface area is 96.8 Å². The SMILES string of the molecule is COC(=O)CNC(=O)c1csc(C(C)N)n1. The molecule has 1 aromatic heterocycles. The van der Waals surface area contributed by atoms with E-state index in [4.69, 9.17) is 5.73 Å². The van der Waals surface area contributed by atoms with Gasteiger partial charge in [-0.05, 0) is 6.92 Å². The highest BCUT2D eigenvalue weighted by Gasteiger charge is 2.13. The average molecular weight is 243 g/mol. The largest absolute Gasteiger partial charge is 0.468 e. The van der Waals surface area contributed by atoms with Gasteiger partial charge in [0.25, 0.3) is 5.91 Å². The third kappa shape index (κ3) is 3.28. The molecule has 1 unspecified atom stereocenters. The third-order valence-corrected chi connectivity index (χ3v) is 2.81. The first kappa shape index (κ1) is 12.6. The Morgan fingerprint density at radius 1 is 1.69 bits per heavy atom. The van der Waals surface area contributed by atoms with Crippen molar-refractivity contribution in [3.63, 3.8) is 0 Å². The first-order valence-electron chi connectivity index (χ1n) is 4.60. The zero-order valence-corrected chi connectivity index (χ0v) is 9.84. The minimum atomic E-state index is -0.504. The van der Waals surface area contributed by atoms with Crippen LogP contribution in [0.1, 0.15) is 28.5 Å². The minimum Gasteiger partial charge on any atom is -0.468 e. The minimum absolute atomic E-state index is 0.166. The molecule has 7 heteroatoms. The van der Waals surface area contributed by atoms with Gasteiger partial charge in [-0.2, -0.15) is 0 Å².